The van der Waals surface area contributed by atoms with E-state index in [-0.39, 0.29) is 12.5 Å². The summed E-state index contributed by atoms with van der Waals surface area (Å²) in [5.74, 6) is -1.20. The molecule has 2 aromatic carbocycles. The Morgan fingerprint density at radius 1 is 1.04 bits per heavy atom. The number of carbonyl (C=O) groups is 2. The van der Waals surface area contributed by atoms with Crippen molar-refractivity contribution in [1.82, 2.24) is 20.2 Å². The first-order valence-electron chi connectivity index (χ1n) is 7.28. The molecule has 126 valence electrons. The molecule has 2 N–H and O–H groups in total. The number of benzene rings is 2. The highest BCUT2D eigenvalue weighted by Crippen LogP contribution is 2.14. The van der Waals surface area contributed by atoms with Gasteiger partial charge in [-0.25, -0.2) is 9.07 Å². The zero-order valence-corrected chi connectivity index (χ0v) is 12.9. The van der Waals surface area contributed by atoms with E-state index in [1.807, 2.05) is 0 Å². The first-order chi connectivity index (χ1) is 12.1. The van der Waals surface area contributed by atoms with Crippen LogP contribution in [-0.4, -0.2) is 32.0 Å². The average molecular weight is 340 g/mol. The maximum absolute atomic E-state index is 13.2. The molecule has 1 aromatic heterocycles. The van der Waals surface area contributed by atoms with Gasteiger partial charge in [-0.15, -0.1) is 5.10 Å². The molecule has 1 heterocycles. The van der Waals surface area contributed by atoms with Crippen LogP contribution in [0.3, 0.4) is 0 Å². The second-order valence-corrected chi connectivity index (χ2v) is 5.10. The highest BCUT2D eigenvalue weighted by Gasteiger charge is 2.09. The molecule has 25 heavy (non-hydrogen) atoms. The summed E-state index contributed by atoms with van der Waals surface area (Å²) in [5.41, 5.74) is 1.12. The summed E-state index contributed by atoms with van der Waals surface area (Å²) in [7, 11) is 0. The molecule has 9 heteroatoms. The van der Waals surface area contributed by atoms with Crippen LogP contribution >= 0.6 is 0 Å². The molecule has 8 nitrogen and oxygen atoms in total. The maximum atomic E-state index is 13.2. The third kappa shape index (κ3) is 4.44. The molecule has 0 unspecified atom stereocenters. The third-order valence-electron chi connectivity index (χ3n) is 3.19. The van der Waals surface area contributed by atoms with E-state index in [0.717, 1.165) is 0 Å². The van der Waals surface area contributed by atoms with Gasteiger partial charge in [0.1, 0.15) is 18.7 Å². The third-order valence-corrected chi connectivity index (χ3v) is 3.19. The minimum absolute atomic E-state index is 0.0489. The number of rotatable bonds is 5. The molecule has 2 amide bonds. The second-order valence-electron chi connectivity index (χ2n) is 5.10. The summed E-state index contributed by atoms with van der Waals surface area (Å²) in [4.78, 5) is 24.2. The number of tetrazole rings is 1. The van der Waals surface area contributed by atoms with Crippen LogP contribution in [0, 0.1) is 5.82 Å². The molecule has 3 aromatic rings. The van der Waals surface area contributed by atoms with E-state index < -0.39 is 11.7 Å². The van der Waals surface area contributed by atoms with E-state index in [1.54, 1.807) is 24.3 Å². The molecule has 0 radical (unpaired) electrons. The fraction of sp³-hybridized carbons (Fsp3) is 0.0625. The van der Waals surface area contributed by atoms with Gasteiger partial charge in [-0.3, -0.25) is 9.59 Å². The molecular formula is C16H13FN6O2. The van der Waals surface area contributed by atoms with E-state index in [2.05, 4.69) is 26.2 Å². The number of aromatic nitrogens is 4. The Kier molecular flexibility index (Phi) is 4.74. The van der Waals surface area contributed by atoms with Crippen molar-refractivity contribution >= 4 is 23.2 Å². The van der Waals surface area contributed by atoms with Gasteiger partial charge >= 0.3 is 0 Å². The van der Waals surface area contributed by atoms with Crippen molar-refractivity contribution in [2.24, 2.45) is 0 Å². The van der Waals surface area contributed by atoms with Crippen LogP contribution in [0.1, 0.15) is 10.4 Å². The van der Waals surface area contributed by atoms with Gasteiger partial charge in [0.15, 0.2) is 0 Å². The lowest BCUT2D eigenvalue weighted by molar-refractivity contribution is -0.116. The van der Waals surface area contributed by atoms with Crippen LogP contribution in [0.25, 0.3) is 0 Å². The Labute approximate surface area is 141 Å². The normalized spacial score (nSPS) is 10.3. The molecule has 0 atom stereocenters. The van der Waals surface area contributed by atoms with Crippen molar-refractivity contribution in [1.29, 1.82) is 0 Å². The summed E-state index contributed by atoms with van der Waals surface area (Å²) in [6, 6.07) is 12.0. The van der Waals surface area contributed by atoms with Crippen molar-refractivity contribution in [2.75, 3.05) is 10.6 Å². The van der Waals surface area contributed by atoms with Crippen molar-refractivity contribution in [3.63, 3.8) is 0 Å². The van der Waals surface area contributed by atoms with Crippen molar-refractivity contribution in [3.8, 4) is 0 Å². The number of nitrogens with one attached hydrogen (secondary N) is 2. The zero-order valence-electron chi connectivity index (χ0n) is 12.9. The zero-order chi connectivity index (χ0) is 17.6. The highest BCUT2D eigenvalue weighted by atomic mass is 19.1. The lowest BCUT2D eigenvalue weighted by atomic mass is 10.2. The molecule has 0 saturated carbocycles. The van der Waals surface area contributed by atoms with Crippen molar-refractivity contribution in [2.45, 2.75) is 6.54 Å². The Bertz CT molecular complexity index is 897. The number of anilines is 2. The molecule has 0 aliphatic heterocycles. The Balaban J connectivity index is 1.66. The van der Waals surface area contributed by atoms with Crippen molar-refractivity contribution in [3.05, 3.63) is 66.2 Å². The molecule has 0 aliphatic carbocycles. The second kappa shape index (κ2) is 7.30. The largest absolute Gasteiger partial charge is 0.324 e. The summed E-state index contributed by atoms with van der Waals surface area (Å²) in [6.07, 6.45) is 1.32. The predicted octanol–water partition coefficient (Wildman–Crippen LogP) is 1.70. The molecule has 0 aliphatic rings. The van der Waals surface area contributed by atoms with Crippen LogP contribution < -0.4 is 10.6 Å². The number of hydrogen-bond acceptors (Lipinski definition) is 5. The Morgan fingerprint density at radius 2 is 1.80 bits per heavy atom. The quantitative estimate of drug-likeness (QED) is 0.736. The van der Waals surface area contributed by atoms with E-state index in [0.29, 0.717) is 16.9 Å². The molecule has 0 spiro atoms. The number of halogens is 1. The van der Waals surface area contributed by atoms with Gasteiger partial charge in [-0.2, -0.15) is 0 Å². The van der Waals surface area contributed by atoms with Gasteiger partial charge < -0.3 is 10.6 Å². The average Bonchev–Trinajstić information content (AvgIpc) is 3.08. The fourth-order valence-electron chi connectivity index (χ4n) is 2.11. The van der Waals surface area contributed by atoms with Crippen LogP contribution in [0.15, 0.2) is 54.9 Å². The molecule has 0 saturated heterocycles. The van der Waals surface area contributed by atoms with Crippen LogP contribution in [0.4, 0.5) is 15.8 Å². The van der Waals surface area contributed by atoms with Gasteiger partial charge in [0, 0.05) is 16.9 Å². The number of nitrogens with zero attached hydrogens (tertiary/aromatic N) is 4. The highest BCUT2D eigenvalue weighted by molar-refractivity contribution is 6.05. The van der Waals surface area contributed by atoms with Gasteiger partial charge in [-0.05, 0) is 46.8 Å². The van der Waals surface area contributed by atoms with Crippen LogP contribution in [-0.2, 0) is 11.3 Å². The maximum Gasteiger partial charge on any atom is 0.255 e. The van der Waals surface area contributed by atoms with E-state index >= 15 is 0 Å². The SMILES string of the molecule is O=C(Cn1cnnn1)Nc1cccc(C(=O)Nc2cccc(F)c2)c1. The number of amides is 2. The van der Waals surface area contributed by atoms with E-state index in [4.69, 9.17) is 0 Å². The first-order valence-corrected chi connectivity index (χ1v) is 7.28. The van der Waals surface area contributed by atoms with Crippen LogP contribution in [0.5, 0.6) is 0 Å². The summed E-state index contributed by atoms with van der Waals surface area (Å²) in [5, 5.41) is 15.7. The molecule has 0 bridgehead atoms. The lowest BCUT2D eigenvalue weighted by Gasteiger charge is -2.08. The minimum atomic E-state index is -0.443. The van der Waals surface area contributed by atoms with Crippen LogP contribution in [0.2, 0.25) is 0 Å². The number of hydrogen-bond donors (Lipinski definition) is 2. The molecule has 0 fully saturated rings. The minimum Gasteiger partial charge on any atom is -0.324 e. The van der Waals surface area contributed by atoms with Gasteiger partial charge in [0.2, 0.25) is 5.91 Å². The smallest absolute Gasteiger partial charge is 0.255 e. The lowest BCUT2D eigenvalue weighted by Crippen LogP contribution is -2.19. The topological polar surface area (TPSA) is 102 Å². The van der Waals surface area contributed by atoms with Crippen molar-refractivity contribution < 1.29 is 14.0 Å². The van der Waals surface area contributed by atoms with E-state index in [1.165, 1.54) is 35.3 Å². The summed E-state index contributed by atoms with van der Waals surface area (Å²) < 4.78 is 14.4. The molecular weight excluding hydrogens is 327 g/mol. The fourth-order valence-corrected chi connectivity index (χ4v) is 2.11. The summed E-state index contributed by atoms with van der Waals surface area (Å²) >= 11 is 0. The Hall–Kier alpha value is -3.62. The first kappa shape index (κ1) is 16.2. The van der Waals surface area contributed by atoms with Gasteiger partial charge in [0.25, 0.3) is 5.91 Å². The number of carbonyl (C=O) groups excluding carboxylic acids is 2. The van der Waals surface area contributed by atoms with Gasteiger partial charge in [-0.1, -0.05) is 12.1 Å². The standard InChI is InChI=1S/C16H13FN6O2/c17-12-4-2-6-14(8-12)20-16(25)11-3-1-5-13(7-11)19-15(24)9-23-10-18-21-22-23/h1-8,10H,9H2,(H,19,24)(H,20,25). The summed E-state index contributed by atoms with van der Waals surface area (Å²) in [6.45, 7) is -0.0489. The monoisotopic (exact) mass is 340 g/mol. The predicted molar refractivity (Wildman–Crippen MR) is 87.2 cm³/mol. The van der Waals surface area contributed by atoms with E-state index in [9.17, 15) is 14.0 Å². The van der Waals surface area contributed by atoms with Gasteiger partial charge in [0.05, 0.1) is 0 Å². The molecule has 3 rings (SSSR count). The Morgan fingerprint density at radius 3 is 2.52 bits per heavy atom.